The van der Waals surface area contributed by atoms with E-state index in [1.165, 1.54) is 0 Å². The largest absolute Gasteiger partial charge is 0.367 e. The van der Waals surface area contributed by atoms with Crippen molar-refractivity contribution in [1.82, 2.24) is 20.1 Å². The average molecular weight is 521 g/mol. The van der Waals surface area contributed by atoms with Gasteiger partial charge in [0, 0.05) is 55.5 Å². The van der Waals surface area contributed by atoms with E-state index in [-0.39, 0.29) is 18.1 Å². The van der Waals surface area contributed by atoms with E-state index in [9.17, 15) is 4.79 Å². The third-order valence-corrected chi connectivity index (χ3v) is 6.94. The number of aryl methyl sites for hydroxylation is 1. The molecule has 9 nitrogen and oxygen atoms in total. The fourth-order valence-electron chi connectivity index (χ4n) is 4.92. The third kappa shape index (κ3) is 6.73. The van der Waals surface area contributed by atoms with E-state index in [0.29, 0.717) is 12.1 Å². The van der Waals surface area contributed by atoms with E-state index in [4.69, 9.17) is 5.26 Å². The van der Waals surface area contributed by atoms with Gasteiger partial charge in [-0.1, -0.05) is 30.3 Å². The number of nitrogens with zero attached hydrogens (tertiary/aromatic N) is 5. The maximum atomic E-state index is 13.6. The van der Waals surface area contributed by atoms with Crippen LogP contribution in [0.2, 0.25) is 0 Å². The molecule has 2 aromatic heterocycles. The summed E-state index contributed by atoms with van der Waals surface area (Å²) in [7, 11) is 1.88. The van der Waals surface area contributed by atoms with Crippen molar-refractivity contribution in [2.45, 2.75) is 44.3 Å². The van der Waals surface area contributed by atoms with Crippen LogP contribution < -0.4 is 20.9 Å². The first kappa shape index (κ1) is 25.8. The Bertz CT molecular complexity index is 1400. The fourth-order valence-corrected chi connectivity index (χ4v) is 4.92. The van der Waals surface area contributed by atoms with Gasteiger partial charge < -0.3 is 16.0 Å². The molecule has 0 spiro atoms. The molecule has 0 bridgehead atoms. The molecule has 3 N–H and O–H groups in total. The summed E-state index contributed by atoms with van der Waals surface area (Å²) in [6.07, 6.45) is 7.01. The highest BCUT2D eigenvalue weighted by atomic mass is 16.2. The molecule has 4 aromatic rings. The van der Waals surface area contributed by atoms with Gasteiger partial charge in [-0.2, -0.15) is 10.4 Å². The predicted octanol–water partition coefficient (Wildman–Crippen LogP) is 5.57. The zero-order valence-corrected chi connectivity index (χ0v) is 21.9. The predicted molar refractivity (Wildman–Crippen MR) is 153 cm³/mol. The second-order valence-corrected chi connectivity index (χ2v) is 9.75. The lowest BCUT2D eigenvalue weighted by atomic mass is 9.90. The fraction of sp³-hybridized carbons (Fsp3) is 0.267. The van der Waals surface area contributed by atoms with Gasteiger partial charge in [-0.15, -0.1) is 0 Å². The Morgan fingerprint density at radius 3 is 2.41 bits per heavy atom. The number of nitrogens with one attached hydrogen (secondary N) is 3. The summed E-state index contributed by atoms with van der Waals surface area (Å²) in [6.45, 7) is 0.469. The van der Waals surface area contributed by atoms with Crippen LogP contribution in [0.5, 0.6) is 0 Å². The van der Waals surface area contributed by atoms with Crippen LogP contribution in [0.4, 0.5) is 27.8 Å². The molecule has 1 saturated carbocycles. The third-order valence-electron chi connectivity index (χ3n) is 6.94. The molecule has 2 aromatic carbocycles. The monoisotopic (exact) mass is 520 g/mol. The molecule has 0 saturated heterocycles. The van der Waals surface area contributed by atoms with Gasteiger partial charge in [-0.25, -0.2) is 9.78 Å². The van der Waals surface area contributed by atoms with Crippen LogP contribution in [0.15, 0.2) is 85.2 Å². The van der Waals surface area contributed by atoms with E-state index >= 15 is 0 Å². The van der Waals surface area contributed by atoms with E-state index < -0.39 is 0 Å². The van der Waals surface area contributed by atoms with Gasteiger partial charge in [-0.05, 0) is 67.6 Å². The topological polar surface area (TPSA) is 111 Å². The molecule has 0 aliphatic heterocycles. The number of aromatic nitrogens is 3. The van der Waals surface area contributed by atoms with Crippen LogP contribution in [-0.2, 0) is 13.6 Å². The Balaban J connectivity index is 1.27. The zero-order valence-electron chi connectivity index (χ0n) is 21.9. The summed E-state index contributed by atoms with van der Waals surface area (Å²) in [6, 6.07) is 25.7. The standard InChI is InChI=1S/C30H32N8O/c1-37-18-17-29(36-37)35-25-10-14-27(15-11-25)38(30(39)33-20-22-5-3-2-4-6-22)26-12-8-24(9-13-26)34-28-16-7-23(19-31)21-32-28/h2-7,10-11,14-18,21,24,26H,8-9,12-13,20H2,1H3,(H,32,34)(H,33,39)(H,35,36). The van der Waals surface area contributed by atoms with Crippen LogP contribution in [0.25, 0.3) is 0 Å². The lowest BCUT2D eigenvalue weighted by Gasteiger charge is -2.37. The lowest BCUT2D eigenvalue weighted by molar-refractivity contribution is 0.240. The first-order valence-electron chi connectivity index (χ1n) is 13.2. The molecule has 0 atom stereocenters. The minimum Gasteiger partial charge on any atom is -0.367 e. The number of benzene rings is 2. The number of rotatable bonds is 8. The number of carbonyl (C=O) groups excluding carboxylic acids is 1. The first-order chi connectivity index (χ1) is 19.1. The second kappa shape index (κ2) is 12.1. The second-order valence-electron chi connectivity index (χ2n) is 9.75. The van der Waals surface area contributed by atoms with Gasteiger partial charge in [0.05, 0.1) is 5.56 Å². The van der Waals surface area contributed by atoms with Crippen molar-refractivity contribution >= 4 is 29.0 Å². The van der Waals surface area contributed by atoms with Gasteiger partial charge in [0.1, 0.15) is 11.9 Å². The summed E-state index contributed by atoms with van der Waals surface area (Å²) in [5.41, 5.74) is 3.37. The number of hydrogen-bond donors (Lipinski definition) is 3. The number of anilines is 4. The Morgan fingerprint density at radius 1 is 1.00 bits per heavy atom. The summed E-state index contributed by atoms with van der Waals surface area (Å²) in [5.74, 6) is 1.54. The first-order valence-corrected chi connectivity index (χ1v) is 13.2. The van der Waals surface area contributed by atoms with Gasteiger partial charge in [0.15, 0.2) is 5.82 Å². The minimum atomic E-state index is -0.102. The maximum Gasteiger partial charge on any atom is 0.322 e. The average Bonchev–Trinajstić information content (AvgIpc) is 3.39. The smallest absolute Gasteiger partial charge is 0.322 e. The van der Waals surface area contributed by atoms with Crippen LogP contribution in [0.1, 0.15) is 36.8 Å². The maximum absolute atomic E-state index is 13.6. The molecule has 5 rings (SSSR count). The summed E-state index contributed by atoms with van der Waals surface area (Å²) >= 11 is 0. The molecule has 1 fully saturated rings. The Labute approximate surface area is 228 Å². The Hall–Kier alpha value is -4.84. The van der Waals surface area contributed by atoms with Crippen LogP contribution >= 0.6 is 0 Å². The molecule has 1 aliphatic carbocycles. The number of pyridine rings is 1. The number of nitriles is 1. The SMILES string of the molecule is Cn1ccc(Nc2ccc(N(C(=O)NCc3ccccc3)C3CCC(Nc4ccc(C#N)cn4)CC3)cc2)n1. The molecular formula is C30H32N8O. The number of amides is 2. The van der Waals surface area contributed by atoms with Crippen molar-refractivity contribution in [3.63, 3.8) is 0 Å². The normalized spacial score (nSPS) is 16.6. The summed E-state index contributed by atoms with van der Waals surface area (Å²) < 4.78 is 1.75. The summed E-state index contributed by atoms with van der Waals surface area (Å²) in [4.78, 5) is 19.8. The molecule has 1 aliphatic rings. The van der Waals surface area contributed by atoms with Crippen LogP contribution in [-0.4, -0.2) is 32.9 Å². The van der Waals surface area contributed by atoms with E-state index in [1.807, 2.05) is 84.9 Å². The quantitative estimate of drug-likeness (QED) is 0.280. The molecule has 0 radical (unpaired) electrons. The number of carbonyl (C=O) groups is 1. The Kier molecular flexibility index (Phi) is 8.03. The molecule has 39 heavy (non-hydrogen) atoms. The highest BCUT2D eigenvalue weighted by Gasteiger charge is 2.30. The van der Waals surface area contributed by atoms with Gasteiger partial charge in [0.2, 0.25) is 0 Å². The molecule has 2 heterocycles. The van der Waals surface area contributed by atoms with Crippen molar-refractivity contribution in [3.05, 3.63) is 96.3 Å². The molecule has 198 valence electrons. The molecular weight excluding hydrogens is 488 g/mol. The van der Waals surface area contributed by atoms with Crippen molar-refractivity contribution < 1.29 is 4.79 Å². The number of hydrogen-bond acceptors (Lipinski definition) is 6. The highest BCUT2D eigenvalue weighted by Crippen LogP contribution is 2.30. The van der Waals surface area contributed by atoms with Crippen molar-refractivity contribution in [1.29, 1.82) is 5.26 Å². The van der Waals surface area contributed by atoms with Crippen molar-refractivity contribution in [2.24, 2.45) is 7.05 Å². The van der Waals surface area contributed by atoms with Crippen molar-refractivity contribution in [3.8, 4) is 6.07 Å². The molecule has 0 unspecified atom stereocenters. The van der Waals surface area contributed by atoms with E-state index in [2.05, 4.69) is 32.1 Å². The van der Waals surface area contributed by atoms with Gasteiger partial charge >= 0.3 is 6.03 Å². The van der Waals surface area contributed by atoms with Gasteiger partial charge in [0.25, 0.3) is 0 Å². The van der Waals surface area contributed by atoms with Crippen molar-refractivity contribution in [2.75, 3.05) is 15.5 Å². The van der Waals surface area contributed by atoms with E-state index in [1.54, 1.807) is 16.9 Å². The van der Waals surface area contributed by atoms with Crippen LogP contribution in [0, 0.1) is 11.3 Å². The van der Waals surface area contributed by atoms with E-state index in [0.717, 1.165) is 54.3 Å². The summed E-state index contributed by atoms with van der Waals surface area (Å²) in [5, 5.41) is 23.3. The zero-order chi connectivity index (χ0) is 27.0. The Morgan fingerprint density at radius 2 is 1.77 bits per heavy atom. The minimum absolute atomic E-state index is 0.0716. The van der Waals surface area contributed by atoms with Crippen LogP contribution in [0.3, 0.4) is 0 Å². The molecule has 9 heteroatoms. The lowest BCUT2D eigenvalue weighted by Crippen LogP contribution is -2.48. The number of urea groups is 1. The highest BCUT2D eigenvalue weighted by molar-refractivity contribution is 5.93. The molecule has 2 amide bonds. The van der Waals surface area contributed by atoms with Gasteiger partial charge in [-0.3, -0.25) is 9.58 Å².